The van der Waals surface area contributed by atoms with Gasteiger partial charge in [-0.05, 0) is 18.4 Å². The van der Waals surface area contributed by atoms with Crippen LogP contribution in [0, 0.1) is 5.41 Å². The molecule has 5 rings (SSSR count). The maximum absolute atomic E-state index is 13.4. The van der Waals surface area contributed by atoms with E-state index in [9.17, 15) is 4.79 Å². The number of Topliss-reactive ketones (excluding diaryl/α,β-unsaturated/α-hetero) is 1. The van der Waals surface area contributed by atoms with Crippen molar-refractivity contribution in [3.8, 4) is 0 Å². The quantitative estimate of drug-likeness (QED) is 0.916. The maximum Gasteiger partial charge on any atom is 0.160 e. The van der Waals surface area contributed by atoms with Crippen LogP contribution in [0.2, 0.25) is 0 Å². The number of carbonyl (C=O) groups excluding carboxylic acids is 1. The molecule has 1 aromatic heterocycles. The van der Waals surface area contributed by atoms with Crippen LogP contribution < -0.4 is 0 Å². The molecule has 2 aromatic rings. The molecule has 0 amide bonds. The SMILES string of the molecule is CC[C@@]1(c2ccccc2)C2=C(Cc3[nH]ncc31)CC1(COC1)CC2=O. The van der Waals surface area contributed by atoms with Crippen molar-refractivity contribution in [3.05, 3.63) is 64.5 Å². The van der Waals surface area contributed by atoms with Crippen molar-refractivity contribution >= 4 is 5.78 Å². The summed E-state index contributed by atoms with van der Waals surface area (Å²) in [5, 5.41) is 7.54. The largest absolute Gasteiger partial charge is 0.380 e. The van der Waals surface area contributed by atoms with E-state index in [2.05, 4.69) is 41.4 Å². The van der Waals surface area contributed by atoms with Crippen molar-refractivity contribution in [2.75, 3.05) is 13.2 Å². The van der Waals surface area contributed by atoms with Gasteiger partial charge in [0.15, 0.2) is 5.78 Å². The predicted molar refractivity (Wildman–Crippen MR) is 94.3 cm³/mol. The molecule has 1 spiro atoms. The Morgan fingerprint density at radius 1 is 1.20 bits per heavy atom. The summed E-state index contributed by atoms with van der Waals surface area (Å²) in [5.41, 5.74) is 5.53. The van der Waals surface area contributed by atoms with Gasteiger partial charge in [-0.1, -0.05) is 42.8 Å². The first-order valence-electron chi connectivity index (χ1n) is 9.10. The van der Waals surface area contributed by atoms with Crippen molar-refractivity contribution in [1.29, 1.82) is 0 Å². The Morgan fingerprint density at radius 3 is 2.68 bits per heavy atom. The van der Waals surface area contributed by atoms with Crippen molar-refractivity contribution in [3.63, 3.8) is 0 Å². The third-order valence-corrected chi connectivity index (χ3v) is 6.36. The summed E-state index contributed by atoms with van der Waals surface area (Å²) < 4.78 is 5.47. The lowest BCUT2D eigenvalue weighted by Crippen LogP contribution is -2.50. The van der Waals surface area contributed by atoms with Crippen molar-refractivity contribution in [2.24, 2.45) is 5.41 Å². The molecule has 2 heterocycles. The van der Waals surface area contributed by atoms with E-state index < -0.39 is 0 Å². The highest BCUT2D eigenvalue weighted by Crippen LogP contribution is 2.55. The number of hydrogen-bond acceptors (Lipinski definition) is 3. The topological polar surface area (TPSA) is 55.0 Å². The first-order chi connectivity index (χ1) is 12.2. The fourth-order valence-corrected chi connectivity index (χ4v) is 5.27. The lowest BCUT2D eigenvalue weighted by atomic mass is 9.56. The Hall–Kier alpha value is -2.20. The highest BCUT2D eigenvalue weighted by molar-refractivity contribution is 6.02. The smallest absolute Gasteiger partial charge is 0.160 e. The number of aromatic nitrogens is 2. The molecule has 0 bridgehead atoms. The number of nitrogens with zero attached hydrogens (tertiary/aromatic N) is 1. The second kappa shape index (κ2) is 5.15. The highest BCUT2D eigenvalue weighted by atomic mass is 16.5. The Morgan fingerprint density at radius 2 is 2.00 bits per heavy atom. The van der Waals surface area contributed by atoms with Gasteiger partial charge >= 0.3 is 0 Å². The van der Waals surface area contributed by atoms with E-state index in [1.165, 1.54) is 16.7 Å². The number of carbonyl (C=O) groups is 1. The van der Waals surface area contributed by atoms with Crippen LogP contribution in [0.1, 0.15) is 43.0 Å². The van der Waals surface area contributed by atoms with Gasteiger partial charge in [-0.3, -0.25) is 9.89 Å². The van der Waals surface area contributed by atoms with Crippen LogP contribution >= 0.6 is 0 Å². The molecular formula is C21H22N2O2. The summed E-state index contributed by atoms with van der Waals surface area (Å²) in [6, 6.07) is 10.5. The Kier molecular flexibility index (Phi) is 3.11. The van der Waals surface area contributed by atoms with Crippen molar-refractivity contribution in [1.82, 2.24) is 10.2 Å². The lowest BCUT2D eigenvalue weighted by Gasteiger charge is -2.49. The molecule has 3 aliphatic rings. The number of allylic oxidation sites excluding steroid dienone is 2. The van der Waals surface area contributed by atoms with Gasteiger partial charge in [0.25, 0.3) is 0 Å². The fourth-order valence-electron chi connectivity index (χ4n) is 5.27. The number of ketones is 1. The minimum absolute atomic E-state index is 0.0452. The zero-order valence-electron chi connectivity index (χ0n) is 14.5. The van der Waals surface area contributed by atoms with Crippen molar-refractivity contribution in [2.45, 2.75) is 38.0 Å². The van der Waals surface area contributed by atoms with Crippen molar-refractivity contribution < 1.29 is 9.53 Å². The molecule has 4 nitrogen and oxygen atoms in total. The Bertz CT molecular complexity index is 876. The molecule has 1 atom stereocenters. The molecule has 0 radical (unpaired) electrons. The Labute approximate surface area is 147 Å². The second-order valence-corrected chi connectivity index (χ2v) is 7.81. The van der Waals surface area contributed by atoms with Gasteiger partial charge in [0.05, 0.1) is 24.8 Å². The molecule has 2 aliphatic carbocycles. The van der Waals surface area contributed by atoms with Crippen LogP contribution in [0.25, 0.3) is 0 Å². The van der Waals surface area contributed by atoms with Gasteiger partial charge in [-0.15, -0.1) is 0 Å². The molecule has 25 heavy (non-hydrogen) atoms. The summed E-state index contributed by atoms with van der Waals surface area (Å²) in [6.45, 7) is 3.62. The monoisotopic (exact) mass is 334 g/mol. The van der Waals surface area contributed by atoms with Gasteiger partial charge in [0.2, 0.25) is 0 Å². The molecule has 128 valence electrons. The van der Waals surface area contributed by atoms with Gasteiger partial charge in [-0.25, -0.2) is 0 Å². The summed E-state index contributed by atoms with van der Waals surface area (Å²) in [5.74, 6) is 0.308. The zero-order valence-corrected chi connectivity index (χ0v) is 14.5. The van der Waals surface area contributed by atoms with E-state index in [0.717, 1.165) is 43.7 Å². The zero-order chi connectivity index (χ0) is 17.1. The summed E-state index contributed by atoms with van der Waals surface area (Å²) >= 11 is 0. The number of hydrogen-bond donors (Lipinski definition) is 1. The van der Waals surface area contributed by atoms with Gasteiger partial charge in [0, 0.05) is 35.1 Å². The first-order valence-corrected chi connectivity index (χ1v) is 9.10. The van der Waals surface area contributed by atoms with E-state index >= 15 is 0 Å². The summed E-state index contributed by atoms with van der Waals surface area (Å²) in [6.07, 6.45) is 5.19. The second-order valence-electron chi connectivity index (χ2n) is 7.81. The van der Waals surface area contributed by atoms with Crippen LogP contribution in [0.4, 0.5) is 0 Å². The highest BCUT2D eigenvalue weighted by Gasteiger charge is 2.53. The van der Waals surface area contributed by atoms with Gasteiger partial charge in [0.1, 0.15) is 0 Å². The average molecular weight is 334 g/mol. The molecule has 1 N–H and O–H groups in total. The average Bonchev–Trinajstić information content (AvgIpc) is 3.07. The number of fused-ring (bicyclic) bond motifs is 1. The van der Waals surface area contributed by atoms with Crippen LogP contribution in [0.15, 0.2) is 47.7 Å². The normalized spacial score (nSPS) is 27.0. The van der Waals surface area contributed by atoms with Crippen LogP contribution in [0.5, 0.6) is 0 Å². The van der Waals surface area contributed by atoms with Crippen LogP contribution in [-0.4, -0.2) is 29.2 Å². The molecule has 0 unspecified atom stereocenters. The van der Waals surface area contributed by atoms with Crippen LogP contribution in [0.3, 0.4) is 0 Å². The Balaban J connectivity index is 1.77. The van der Waals surface area contributed by atoms with Gasteiger partial charge in [-0.2, -0.15) is 5.10 Å². The fraction of sp³-hybridized carbons (Fsp3) is 0.429. The number of nitrogens with one attached hydrogen (secondary N) is 1. The van der Waals surface area contributed by atoms with E-state index in [-0.39, 0.29) is 10.8 Å². The number of H-pyrrole nitrogens is 1. The van der Waals surface area contributed by atoms with E-state index in [0.29, 0.717) is 12.2 Å². The van der Waals surface area contributed by atoms with E-state index in [1.54, 1.807) is 0 Å². The van der Waals surface area contributed by atoms with E-state index in [1.807, 2.05) is 12.3 Å². The number of rotatable bonds is 2. The van der Waals surface area contributed by atoms with Gasteiger partial charge < -0.3 is 4.74 Å². The predicted octanol–water partition coefficient (Wildman–Crippen LogP) is 3.34. The maximum atomic E-state index is 13.4. The molecule has 1 aromatic carbocycles. The molecule has 1 saturated heterocycles. The van der Waals surface area contributed by atoms with E-state index in [4.69, 9.17) is 4.74 Å². The molecule has 1 aliphatic heterocycles. The summed E-state index contributed by atoms with van der Waals surface area (Å²) in [7, 11) is 0. The minimum Gasteiger partial charge on any atom is -0.380 e. The van der Waals surface area contributed by atoms with Crippen LogP contribution in [-0.2, 0) is 21.4 Å². The standard InChI is InChI=1S/C21H22N2O2/c1-2-21(15-6-4-3-5-7-15)16-11-22-23-17(16)8-14-9-20(12-25-13-20)10-18(24)19(14)21/h3-7,11H,2,8-10,12-13H2,1H3,(H,22,23)/t21-/m0/s1. The molecule has 1 fully saturated rings. The lowest BCUT2D eigenvalue weighted by molar-refractivity contribution is -0.142. The first kappa shape index (κ1) is 15.1. The summed E-state index contributed by atoms with van der Waals surface area (Å²) in [4.78, 5) is 13.4. The number of aromatic amines is 1. The number of benzene rings is 1. The molecule has 0 saturated carbocycles. The molecular weight excluding hydrogens is 312 g/mol. The number of ether oxygens (including phenoxy) is 1. The molecule has 4 heteroatoms. The minimum atomic E-state index is -0.375. The third-order valence-electron chi connectivity index (χ3n) is 6.36. The third kappa shape index (κ3) is 1.92.